The van der Waals surface area contributed by atoms with Gasteiger partial charge in [-0.1, -0.05) is 12.1 Å². The minimum Gasteiger partial charge on any atom is -0.442 e. The third-order valence-electron chi connectivity index (χ3n) is 1.06. The second kappa shape index (κ2) is 3.69. The fourth-order valence-electron chi connectivity index (χ4n) is 0.652. The Bertz CT molecular complexity index is 272. The van der Waals surface area contributed by atoms with Crippen molar-refractivity contribution in [3.05, 3.63) is 30.1 Å². The van der Waals surface area contributed by atoms with Gasteiger partial charge in [0.15, 0.2) is 11.6 Å². The zero-order chi connectivity index (χ0) is 9.19. The van der Waals surface area contributed by atoms with Crippen molar-refractivity contribution in [2.45, 2.75) is 3.98 Å². The normalized spacial score (nSPS) is 11.3. The molecule has 0 heterocycles. The van der Waals surface area contributed by atoms with Gasteiger partial charge in [-0.3, -0.25) is 0 Å². The monoisotopic (exact) mass is 228 g/mol. The van der Waals surface area contributed by atoms with Crippen molar-refractivity contribution in [2.75, 3.05) is 0 Å². The van der Waals surface area contributed by atoms with Crippen molar-refractivity contribution in [2.24, 2.45) is 0 Å². The molecule has 12 heavy (non-hydrogen) atoms. The van der Waals surface area contributed by atoms with E-state index in [1.165, 1.54) is 18.2 Å². The summed E-state index contributed by atoms with van der Waals surface area (Å²) in [6.45, 7) is 0. The molecular weight excluding hydrogens is 225 g/mol. The predicted molar refractivity (Wildman–Crippen MR) is 47.3 cm³/mol. The molecule has 1 aromatic rings. The highest BCUT2D eigenvalue weighted by molar-refractivity contribution is 6.66. The van der Waals surface area contributed by atoms with Crippen LogP contribution in [-0.4, -0.2) is 3.98 Å². The van der Waals surface area contributed by atoms with Gasteiger partial charge in [-0.15, -0.1) is 0 Å². The molecule has 0 aliphatic rings. The van der Waals surface area contributed by atoms with Gasteiger partial charge in [-0.2, -0.15) is 0 Å². The molecule has 0 aromatic heterocycles. The quantitative estimate of drug-likeness (QED) is 0.669. The molecule has 66 valence electrons. The van der Waals surface area contributed by atoms with Gasteiger partial charge in [0.2, 0.25) is 0 Å². The Hall–Kier alpha value is -0.180. The van der Waals surface area contributed by atoms with Crippen LogP contribution in [0.5, 0.6) is 5.75 Å². The smallest absolute Gasteiger partial charge is 0.338 e. The maximum Gasteiger partial charge on any atom is 0.338 e. The van der Waals surface area contributed by atoms with Crippen molar-refractivity contribution in [1.29, 1.82) is 0 Å². The van der Waals surface area contributed by atoms with Gasteiger partial charge < -0.3 is 4.74 Å². The number of ether oxygens (including phenoxy) is 1. The van der Waals surface area contributed by atoms with Crippen LogP contribution in [0.1, 0.15) is 0 Å². The third-order valence-corrected chi connectivity index (χ3v) is 1.29. The minimum atomic E-state index is -1.93. The molecule has 5 heteroatoms. The first-order valence-electron chi connectivity index (χ1n) is 2.99. The molecule has 1 aromatic carbocycles. The van der Waals surface area contributed by atoms with Crippen LogP contribution in [0.2, 0.25) is 0 Å². The average Bonchev–Trinajstić information content (AvgIpc) is 1.91. The van der Waals surface area contributed by atoms with E-state index in [-0.39, 0.29) is 5.75 Å². The molecule has 0 N–H and O–H groups in total. The maximum atomic E-state index is 12.8. The lowest BCUT2D eigenvalue weighted by atomic mass is 10.3. The second-order valence-electron chi connectivity index (χ2n) is 1.98. The lowest BCUT2D eigenvalue weighted by Crippen LogP contribution is -2.13. The molecular formula is C7H4Cl3FO. The van der Waals surface area contributed by atoms with E-state index in [9.17, 15) is 4.39 Å². The highest BCUT2D eigenvalue weighted by Gasteiger charge is 2.23. The molecule has 0 amide bonds. The van der Waals surface area contributed by atoms with E-state index in [0.717, 1.165) is 0 Å². The SMILES string of the molecule is Fc1ccccc1OC(Cl)(Cl)Cl. The van der Waals surface area contributed by atoms with E-state index in [2.05, 4.69) is 4.74 Å². The molecule has 1 nitrogen and oxygen atoms in total. The molecule has 0 unspecified atom stereocenters. The first-order valence-corrected chi connectivity index (χ1v) is 4.13. The van der Waals surface area contributed by atoms with E-state index in [0.29, 0.717) is 0 Å². The van der Waals surface area contributed by atoms with Crippen LogP contribution >= 0.6 is 34.8 Å². The van der Waals surface area contributed by atoms with Gasteiger partial charge in [-0.25, -0.2) is 4.39 Å². The Kier molecular flexibility index (Phi) is 3.04. The van der Waals surface area contributed by atoms with Gasteiger partial charge in [0.05, 0.1) is 0 Å². The van der Waals surface area contributed by atoms with Gasteiger partial charge >= 0.3 is 3.98 Å². The van der Waals surface area contributed by atoms with Crippen LogP contribution in [0.4, 0.5) is 4.39 Å². The molecule has 1 rings (SSSR count). The van der Waals surface area contributed by atoms with Crippen molar-refractivity contribution < 1.29 is 9.13 Å². The third kappa shape index (κ3) is 3.05. The summed E-state index contributed by atoms with van der Waals surface area (Å²) in [5.74, 6) is -0.652. The molecule has 0 atom stereocenters. The van der Waals surface area contributed by atoms with Crippen LogP contribution < -0.4 is 4.74 Å². The summed E-state index contributed by atoms with van der Waals surface area (Å²) >= 11 is 15.8. The highest BCUT2D eigenvalue weighted by atomic mass is 35.6. The summed E-state index contributed by atoms with van der Waals surface area (Å²) in [6.07, 6.45) is 0. The van der Waals surface area contributed by atoms with Gasteiger partial charge in [-0.05, 0) is 46.9 Å². The summed E-state index contributed by atoms with van der Waals surface area (Å²) in [5, 5.41) is 0. The number of para-hydroxylation sites is 1. The first kappa shape index (κ1) is 9.90. The van der Waals surface area contributed by atoms with Crippen LogP contribution in [0.3, 0.4) is 0 Å². The van der Waals surface area contributed by atoms with Gasteiger partial charge in [0.25, 0.3) is 0 Å². The highest BCUT2D eigenvalue weighted by Crippen LogP contribution is 2.31. The van der Waals surface area contributed by atoms with Crippen molar-refractivity contribution >= 4 is 34.8 Å². The summed E-state index contributed by atoms with van der Waals surface area (Å²) in [4.78, 5) is 0. The number of benzene rings is 1. The average molecular weight is 229 g/mol. The molecule has 0 bridgehead atoms. The van der Waals surface area contributed by atoms with Crippen LogP contribution in [-0.2, 0) is 0 Å². The van der Waals surface area contributed by atoms with E-state index in [1.54, 1.807) is 6.07 Å². The van der Waals surface area contributed by atoms with E-state index in [4.69, 9.17) is 34.8 Å². The molecule has 0 aliphatic heterocycles. The summed E-state index contributed by atoms with van der Waals surface area (Å²) in [5.41, 5.74) is 0. The van der Waals surface area contributed by atoms with Crippen molar-refractivity contribution in [1.82, 2.24) is 0 Å². The Morgan fingerprint density at radius 3 is 2.25 bits per heavy atom. The Labute approximate surface area is 84.0 Å². The zero-order valence-corrected chi connectivity index (χ0v) is 8.00. The van der Waals surface area contributed by atoms with E-state index in [1.807, 2.05) is 0 Å². The predicted octanol–water partition coefficient (Wildman–Crippen LogP) is 3.53. The fraction of sp³-hybridized carbons (Fsp3) is 0.143. The van der Waals surface area contributed by atoms with Gasteiger partial charge in [0.1, 0.15) is 0 Å². The minimum absolute atomic E-state index is 0.0856. The molecule has 0 saturated heterocycles. The Balaban J connectivity index is 2.83. The van der Waals surface area contributed by atoms with E-state index >= 15 is 0 Å². The molecule has 0 spiro atoms. The molecule has 0 radical (unpaired) electrons. The van der Waals surface area contributed by atoms with Gasteiger partial charge in [0, 0.05) is 0 Å². The first-order chi connectivity index (χ1) is 5.49. The number of hydrogen-bond donors (Lipinski definition) is 0. The zero-order valence-electron chi connectivity index (χ0n) is 5.73. The lowest BCUT2D eigenvalue weighted by molar-refractivity contribution is 0.303. The second-order valence-corrected chi connectivity index (χ2v) is 4.16. The summed E-state index contributed by atoms with van der Waals surface area (Å²) in [7, 11) is 0. The van der Waals surface area contributed by atoms with Crippen molar-refractivity contribution in [3.63, 3.8) is 0 Å². The lowest BCUT2D eigenvalue weighted by Gasteiger charge is -2.13. The number of hydrogen-bond acceptors (Lipinski definition) is 1. The summed E-state index contributed by atoms with van der Waals surface area (Å²) in [6, 6.07) is 5.68. The van der Waals surface area contributed by atoms with Crippen molar-refractivity contribution in [3.8, 4) is 5.75 Å². The largest absolute Gasteiger partial charge is 0.442 e. The number of alkyl halides is 3. The standard InChI is InChI=1S/C7H4Cl3FO/c8-7(9,10)12-6-4-2-1-3-5(6)11/h1-4H. The van der Waals surface area contributed by atoms with Crippen LogP contribution in [0.25, 0.3) is 0 Å². The Morgan fingerprint density at radius 1 is 1.17 bits per heavy atom. The molecule has 0 fully saturated rings. The number of halogens is 4. The van der Waals surface area contributed by atoms with E-state index < -0.39 is 9.80 Å². The molecule has 0 aliphatic carbocycles. The summed E-state index contributed by atoms with van der Waals surface area (Å²) < 4.78 is 15.5. The number of rotatable bonds is 1. The topological polar surface area (TPSA) is 9.23 Å². The Morgan fingerprint density at radius 2 is 1.75 bits per heavy atom. The fourth-order valence-corrected chi connectivity index (χ4v) is 0.902. The van der Waals surface area contributed by atoms with Crippen LogP contribution in [0, 0.1) is 5.82 Å². The maximum absolute atomic E-state index is 12.8. The van der Waals surface area contributed by atoms with Crippen LogP contribution in [0.15, 0.2) is 24.3 Å². The molecule has 0 saturated carbocycles.